The zero-order valence-corrected chi connectivity index (χ0v) is 46.9. The third-order valence-corrected chi connectivity index (χ3v) is 14.1. The summed E-state index contributed by atoms with van der Waals surface area (Å²) in [5.41, 5.74) is 0. The van der Waals surface area contributed by atoms with E-state index in [9.17, 15) is 14.4 Å². The van der Waals surface area contributed by atoms with Crippen LogP contribution in [0, 0.1) is 17.8 Å². The van der Waals surface area contributed by atoms with Crippen LogP contribution in [0.15, 0.2) is 0 Å². The van der Waals surface area contributed by atoms with Gasteiger partial charge in [-0.2, -0.15) is 0 Å². The first-order valence-electron chi connectivity index (χ1n) is 30.6. The maximum Gasteiger partial charge on any atom is 0.306 e. The first-order chi connectivity index (χ1) is 33.1. The molecule has 0 amide bonds. The van der Waals surface area contributed by atoms with Crippen LogP contribution >= 0.6 is 0 Å². The highest BCUT2D eigenvalue weighted by Crippen LogP contribution is 2.19. The maximum atomic E-state index is 12.9. The van der Waals surface area contributed by atoms with Crippen molar-refractivity contribution in [2.24, 2.45) is 17.8 Å². The Morgan fingerprint density at radius 1 is 0.250 bits per heavy atom. The van der Waals surface area contributed by atoms with Gasteiger partial charge in [0.2, 0.25) is 0 Å². The van der Waals surface area contributed by atoms with Crippen molar-refractivity contribution in [3.8, 4) is 0 Å². The minimum Gasteiger partial charge on any atom is -0.462 e. The monoisotopic (exact) mass is 961 g/mol. The van der Waals surface area contributed by atoms with Gasteiger partial charge in [0.15, 0.2) is 6.10 Å². The van der Waals surface area contributed by atoms with Gasteiger partial charge in [-0.25, -0.2) is 0 Å². The van der Waals surface area contributed by atoms with Crippen molar-refractivity contribution in [1.82, 2.24) is 0 Å². The lowest BCUT2D eigenvalue weighted by atomic mass is 10.0. The van der Waals surface area contributed by atoms with Crippen LogP contribution in [-0.4, -0.2) is 37.2 Å². The molecule has 0 bridgehead atoms. The predicted octanol–water partition coefficient (Wildman–Crippen LogP) is 20.3. The molecule has 0 aromatic carbocycles. The zero-order valence-electron chi connectivity index (χ0n) is 46.9. The second-order valence-electron chi connectivity index (χ2n) is 22.8. The summed E-state index contributed by atoms with van der Waals surface area (Å²) in [4.78, 5) is 38.2. The Balaban J connectivity index is 4.30. The molecule has 0 N–H and O–H groups in total. The van der Waals surface area contributed by atoms with E-state index in [1.165, 1.54) is 225 Å². The predicted molar refractivity (Wildman–Crippen MR) is 293 cm³/mol. The molecule has 6 heteroatoms. The number of carbonyl (C=O) groups excluding carboxylic acids is 3. The first-order valence-corrected chi connectivity index (χ1v) is 30.6. The summed E-state index contributed by atoms with van der Waals surface area (Å²) >= 11 is 0. The van der Waals surface area contributed by atoms with E-state index in [1.54, 1.807) is 0 Å². The number of hydrogen-bond donors (Lipinski definition) is 0. The van der Waals surface area contributed by atoms with E-state index >= 15 is 0 Å². The average Bonchev–Trinajstić information content (AvgIpc) is 3.30. The number of ether oxygens (including phenoxy) is 3. The van der Waals surface area contributed by atoms with Crippen LogP contribution in [-0.2, 0) is 28.6 Å². The second-order valence-corrected chi connectivity index (χ2v) is 22.8. The lowest BCUT2D eigenvalue weighted by molar-refractivity contribution is -0.167. The van der Waals surface area contributed by atoms with Crippen molar-refractivity contribution >= 4 is 17.9 Å². The van der Waals surface area contributed by atoms with Crippen LogP contribution in [0.3, 0.4) is 0 Å². The fraction of sp³-hybridized carbons (Fsp3) is 0.952. The van der Waals surface area contributed by atoms with Gasteiger partial charge < -0.3 is 14.2 Å². The fourth-order valence-electron chi connectivity index (χ4n) is 9.53. The van der Waals surface area contributed by atoms with Crippen LogP contribution in [0.2, 0.25) is 0 Å². The molecule has 68 heavy (non-hydrogen) atoms. The molecule has 404 valence electrons. The van der Waals surface area contributed by atoms with Crippen LogP contribution < -0.4 is 0 Å². The maximum absolute atomic E-state index is 12.9. The Morgan fingerprint density at radius 2 is 0.426 bits per heavy atom. The molecule has 0 saturated carbocycles. The Morgan fingerprint density at radius 3 is 0.632 bits per heavy atom. The van der Waals surface area contributed by atoms with Gasteiger partial charge in [-0.15, -0.1) is 0 Å². The highest BCUT2D eigenvalue weighted by Gasteiger charge is 2.19. The highest BCUT2D eigenvalue weighted by molar-refractivity contribution is 5.71. The van der Waals surface area contributed by atoms with E-state index in [2.05, 4.69) is 41.5 Å². The molecule has 0 fully saturated rings. The Labute approximate surface area is 425 Å². The van der Waals surface area contributed by atoms with E-state index in [4.69, 9.17) is 14.2 Å². The third kappa shape index (κ3) is 55.3. The molecule has 0 radical (unpaired) electrons. The molecule has 0 aromatic rings. The Hall–Kier alpha value is -1.59. The van der Waals surface area contributed by atoms with Gasteiger partial charge in [0.05, 0.1) is 0 Å². The molecule has 6 nitrogen and oxygen atoms in total. The molecular weight excluding hydrogens is 841 g/mol. The van der Waals surface area contributed by atoms with E-state index in [0.29, 0.717) is 19.3 Å². The van der Waals surface area contributed by atoms with Gasteiger partial charge in [-0.3, -0.25) is 14.4 Å². The molecule has 0 rings (SSSR count). The summed E-state index contributed by atoms with van der Waals surface area (Å²) < 4.78 is 16.9. The lowest BCUT2D eigenvalue weighted by Crippen LogP contribution is -2.30. The zero-order chi connectivity index (χ0) is 49.8. The van der Waals surface area contributed by atoms with Gasteiger partial charge >= 0.3 is 17.9 Å². The van der Waals surface area contributed by atoms with E-state index in [0.717, 1.165) is 75.5 Å². The summed E-state index contributed by atoms with van der Waals surface area (Å²) in [5, 5.41) is 0. The molecule has 0 aliphatic carbocycles. The quantitative estimate of drug-likeness (QED) is 0.0343. The van der Waals surface area contributed by atoms with Crippen molar-refractivity contribution < 1.29 is 28.6 Å². The summed E-state index contributed by atoms with van der Waals surface area (Å²) in [6, 6.07) is 0. The average molecular weight is 962 g/mol. The molecule has 0 spiro atoms. The minimum absolute atomic E-state index is 0.0629. The summed E-state index contributed by atoms with van der Waals surface area (Å²) in [6.45, 7) is 13.8. The summed E-state index contributed by atoms with van der Waals surface area (Å²) in [7, 11) is 0. The smallest absolute Gasteiger partial charge is 0.306 e. The normalized spacial score (nSPS) is 12.1. The van der Waals surface area contributed by atoms with E-state index < -0.39 is 6.10 Å². The molecule has 0 aliphatic heterocycles. The summed E-state index contributed by atoms with van der Waals surface area (Å²) in [5.74, 6) is 1.69. The van der Waals surface area contributed by atoms with Crippen molar-refractivity contribution in [1.29, 1.82) is 0 Å². The Kier molecular flexibility index (Phi) is 52.0. The van der Waals surface area contributed by atoms with Gasteiger partial charge in [0.1, 0.15) is 13.2 Å². The van der Waals surface area contributed by atoms with E-state index in [1.807, 2.05) is 0 Å². The van der Waals surface area contributed by atoms with Crippen LogP contribution in [0.4, 0.5) is 0 Å². The molecule has 0 unspecified atom stereocenters. The van der Waals surface area contributed by atoms with Crippen LogP contribution in [0.25, 0.3) is 0 Å². The third-order valence-electron chi connectivity index (χ3n) is 14.1. The largest absolute Gasteiger partial charge is 0.462 e. The SMILES string of the molecule is CC(C)CCCCCCCCCCCCCCCCCC(=O)OC[C@@H](COC(=O)CCCCCCCCCCCCCCC(C)C)OC(=O)CCCCCCCCCCCCCCCCC(C)C. The standard InChI is InChI=1S/C62H120O6/c1-56(2)48-42-36-30-24-18-12-8-7-9-14-21-27-33-39-45-51-60(63)66-54-59(55-67-61(64)52-46-40-34-28-22-17-16-20-26-32-38-44-50-58(5)6)68-62(65)53-47-41-35-29-23-15-11-10-13-19-25-31-37-43-49-57(3)4/h56-59H,7-55H2,1-6H3/t59-/m0/s1. The van der Waals surface area contributed by atoms with Crippen molar-refractivity contribution in [2.45, 2.75) is 349 Å². The van der Waals surface area contributed by atoms with Crippen molar-refractivity contribution in [3.05, 3.63) is 0 Å². The highest BCUT2D eigenvalue weighted by atomic mass is 16.6. The molecule has 0 aromatic heterocycles. The number of carbonyl (C=O) groups is 3. The lowest BCUT2D eigenvalue weighted by Gasteiger charge is -2.18. The molecule has 0 aliphatic rings. The molecule has 1 atom stereocenters. The summed E-state index contributed by atoms with van der Waals surface area (Å²) in [6.07, 6.45) is 56.7. The van der Waals surface area contributed by atoms with Gasteiger partial charge in [0.25, 0.3) is 0 Å². The fourth-order valence-corrected chi connectivity index (χ4v) is 9.53. The van der Waals surface area contributed by atoms with E-state index in [-0.39, 0.29) is 31.1 Å². The van der Waals surface area contributed by atoms with Gasteiger partial charge in [-0.05, 0) is 37.0 Å². The number of hydrogen-bond acceptors (Lipinski definition) is 6. The molecule has 0 heterocycles. The van der Waals surface area contributed by atoms with Crippen molar-refractivity contribution in [2.75, 3.05) is 13.2 Å². The first kappa shape index (κ1) is 66.4. The number of unbranched alkanes of at least 4 members (excludes halogenated alkanes) is 38. The van der Waals surface area contributed by atoms with Gasteiger partial charge in [0, 0.05) is 19.3 Å². The molecular formula is C62H120O6. The van der Waals surface area contributed by atoms with Crippen molar-refractivity contribution in [3.63, 3.8) is 0 Å². The number of rotatable bonds is 55. The van der Waals surface area contributed by atoms with Gasteiger partial charge in [-0.1, -0.05) is 305 Å². The molecule has 0 saturated heterocycles. The second kappa shape index (κ2) is 53.2. The topological polar surface area (TPSA) is 78.9 Å². The Bertz CT molecular complexity index is 1050. The number of esters is 3. The van der Waals surface area contributed by atoms with Crippen LogP contribution in [0.5, 0.6) is 0 Å². The minimum atomic E-state index is -0.764. The van der Waals surface area contributed by atoms with Crippen LogP contribution in [0.1, 0.15) is 343 Å².